The van der Waals surface area contributed by atoms with E-state index in [1.165, 1.54) is 11.1 Å². The summed E-state index contributed by atoms with van der Waals surface area (Å²) in [6, 6.07) is 11.4. The fourth-order valence-corrected chi connectivity index (χ4v) is 5.45. The summed E-state index contributed by atoms with van der Waals surface area (Å²) in [6.45, 7) is 1.05. The molecule has 1 aliphatic carbocycles. The van der Waals surface area contributed by atoms with Crippen molar-refractivity contribution in [3.63, 3.8) is 0 Å². The Morgan fingerprint density at radius 1 is 1.09 bits per heavy atom. The highest BCUT2D eigenvalue weighted by molar-refractivity contribution is 7.98. The van der Waals surface area contributed by atoms with Crippen LogP contribution in [0.25, 0.3) is 0 Å². The minimum atomic E-state index is -0.573. The van der Waals surface area contributed by atoms with Gasteiger partial charge in [-0.1, -0.05) is 24.3 Å². The molecule has 0 saturated heterocycles. The van der Waals surface area contributed by atoms with Gasteiger partial charge in [0.15, 0.2) is 11.5 Å². The van der Waals surface area contributed by atoms with E-state index in [-0.39, 0.29) is 18.0 Å². The van der Waals surface area contributed by atoms with Gasteiger partial charge in [-0.2, -0.15) is 11.8 Å². The lowest BCUT2D eigenvalue weighted by molar-refractivity contribution is -0.123. The van der Waals surface area contributed by atoms with E-state index in [2.05, 4.69) is 22.8 Å². The molecule has 3 amide bonds. The Kier molecular flexibility index (Phi) is 8.44. The topological polar surface area (TPSA) is 79.9 Å². The predicted octanol–water partition coefficient (Wildman–Crippen LogP) is 4.09. The molecule has 0 aromatic heterocycles. The second-order valence-electron chi connectivity index (χ2n) is 9.08. The van der Waals surface area contributed by atoms with E-state index in [9.17, 15) is 9.59 Å². The highest BCUT2D eigenvalue weighted by atomic mass is 32.2. The normalized spacial score (nSPS) is 17.6. The Labute approximate surface area is 211 Å². The van der Waals surface area contributed by atoms with Gasteiger partial charge in [-0.3, -0.25) is 4.79 Å². The van der Waals surface area contributed by atoms with Crippen molar-refractivity contribution in [1.29, 1.82) is 0 Å². The molecule has 7 nitrogen and oxygen atoms in total. The summed E-state index contributed by atoms with van der Waals surface area (Å²) >= 11 is 1.67. The smallest absolute Gasteiger partial charge is 0.318 e. The van der Waals surface area contributed by atoms with E-state index in [0.717, 1.165) is 42.6 Å². The first-order valence-corrected chi connectivity index (χ1v) is 13.6. The quantitative estimate of drug-likeness (QED) is 0.574. The van der Waals surface area contributed by atoms with Crippen LogP contribution in [0.15, 0.2) is 36.4 Å². The molecule has 35 heavy (non-hydrogen) atoms. The fraction of sp³-hybridized carbons (Fsp3) is 0.481. The Morgan fingerprint density at radius 2 is 1.83 bits per heavy atom. The number of aryl methyl sites for hydroxylation is 1. The molecule has 0 radical (unpaired) electrons. The first kappa shape index (κ1) is 25.2. The van der Waals surface area contributed by atoms with Crippen molar-refractivity contribution in [2.45, 2.75) is 50.7 Å². The van der Waals surface area contributed by atoms with E-state index in [1.807, 2.05) is 30.5 Å². The van der Waals surface area contributed by atoms with Gasteiger partial charge in [-0.25, -0.2) is 4.79 Å². The molecule has 1 heterocycles. The average molecular weight is 498 g/mol. The number of nitrogens with one attached hydrogen (secondary N) is 2. The zero-order valence-electron chi connectivity index (χ0n) is 20.8. The van der Waals surface area contributed by atoms with Gasteiger partial charge in [-0.15, -0.1) is 0 Å². The number of benzene rings is 2. The van der Waals surface area contributed by atoms with Gasteiger partial charge in [-0.05, 0) is 78.5 Å². The van der Waals surface area contributed by atoms with E-state index >= 15 is 0 Å². The Hall–Kier alpha value is -2.87. The van der Waals surface area contributed by atoms with Crippen molar-refractivity contribution in [2.75, 3.05) is 32.8 Å². The number of nitrogens with zero attached hydrogens (tertiary/aromatic N) is 1. The molecular formula is C27H35N3O4S. The van der Waals surface area contributed by atoms with Crippen molar-refractivity contribution >= 4 is 23.7 Å². The summed E-state index contributed by atoms with van der Waals surface area (Å²) in [5.74, 6) is 2.03. The average Bonchev–Trinajstić information content (AvgIpc) is 2.89. The van der Waals surface area contributed by atoms with E-state index < -0.39 is 6.04 Å². The van der Waals surface area contributed by atoms with Crippen LogP contribution in [-0.4, -0.2) is 55.7 Å². The van der Waals surface area contributed by atoms with E-state index in [0.29, 0.717) is 31.0 Å². The van der Waals surface area contributed by atoms with Gasteiger partial charge in [0.2, 0.25) is 5.91 Å². The van der Waals surface area contributed by atoms with Crippen LogP contribution in [0.3, 0.4) is 0 Å². The molecular weight excluding hydrogens is 462 g/mol. The van der Waals surface area contributed by atoms with Gasteiger partial charge in [0.25, 0.3) is 0 Å². The number of urea groups is 1. The number of fused-ring (bicyclic) bond motifs is 2. The molecule has 2 aromatic carbocycles. The molecule has 2 aromatic rings. The maximum absolute atomic E-state index is 13.3. The van der Waals surface area contributed by atoms with Crippen LogP contribution < -0.4 is 20.1 Å². The maximum Gasteiger partial charge on any atom is 0.318 e. The Balaban J connectivity index is 1.43. The number of carbonyl (C=O) groups is 2. The molecule has 2 N–H and O–H groups in total. The molecule has 0 saturated carbocycles. The highest BCUT2D eigenvalue weighted by Gasteiger charge is 2.29. The molecule has 1 aliphatic heterocycles. The predicted molar refractivity (Wildman–Crippen MR) is 139 cm³/mol. The van der Waals surface area contributed by atoms with Gasteiger partial charge >= 0.3 is 6.03 Å². The molecule has 0 fully saturated rings. The lowest BCUT2D eigenvalue weighted by Crippen LogP contribution is -2.52. The number of methoxy groups -OCH3 is 2. The maximum atomic E-state index is 13.3. The van der Waals surface area contributed by atoms with Crippen LogP contribution in [0.4, 0.5) is 4.79 Å². The number of hydrogen-bond acceptors (Lipinski definition) is 5. The standard InChI is InChI=1S/C27H35N3O4S/c1-33-24-15-19-11-13-30(17-20(19)16-25(24)34-2)27(32)29-23(12-14-35-3)26(31)28-22-10-6-8-18-7-4-5-9-21(18)22/h4-5,7,9,15-16,22-23H,6,8,10-14,17H2,1-3H3,(H,28,31)(H,29,32)/t22-,23-/m1/s1. The summed E-state index contributed by atoms with van der Waals surface area (Å²) in [7, 11) is 3.23. The number of hydrogen-bond donors (Lipinski definition) is 2. The van der Waals surface area contributed by atoms with Crippen LogP contribution in [0.2, 0.25) is 0 Å². The van der Waals surface area contributed by atoms with Crippen molar-refractivity contribution in [3.8, 4) is 11.5 Å². The lowest BCUT2D eigenvalue weighted by atomic mass is 9.87. The lowest BCUT2D eigenvalue weighted by Gasteiger charge is -2.32. The molecule has 2 atom stereocenters. The number of thioether (sulfide) groups is 1. The molecule has 0 unspecified atom stereocenters. The number of amides is 3. The first-order valence-electron chi connectivity index (χ1n) is 12.2. The van der Waals surface area contributed by atoms with E-state index in [1.54, 1.807) is 30.9 Å². The molecule has 0 bridgehead atoms. The van der Waals surface area contributed by atoms with Gasteiger partial charge in [0.1, 0.15) is 6.04 Å². The minimum Gasteiger partial charge on any atom is -0.493 e. The minimum absolute atomic E-state index is 0.00885. The molecule has 2 aliphatic rings. The molecule has 0 spiro atoms. The van der Waals surface area contributed by atoms with Crippen molar-refractivity contribution < 1.29 is 19.1 Å². The van der Waals surface area contributed by atoms with Gasteiger partial charge in [0, 0.05) is 13.1 Å². The zero-order valence-corrected chi connectivity index (χ0v) is 21.6. The number of carbonyl (C=O) groups excluding carboxylic acids is 2. The summed E-state index contributed by atoms with van der Waals surface area (Å²) in [6.07, 6.45) is 6.33. The fourth-order valence-electron chi connectivity index (χ4n) is 4.98. The van der Waals surface area contributed by atoms with Crippen molar-refractivity contribution in [1.82, 2.24) is 15.5 Å². The largest absolute Gasteiger partial charge is 0.493 e. The van der Waals surface area contributed by atoms with Gasteiger partial charge < -0.3 is 25.0 Å². The number of ether oxygens (including phenoxy) is 2. The summed E-state index contributed by atoms with van der Waals surface area (Å²) < 4.78 is 10.8. The third-order valence-corrected chi connectivity index (χ3v) is 7.56. The highest BCUT2D eigenvalue weighted by Crippen LogP contribution is 2.33. The number of rotatable bonds is 8. The molecule has 4 rings (SSSR count). The summed E-state index contributed by atoms with van der Waals surface area (Å²) in [5.41, 5.74) is 4.68. The van der Waals surface area contributed by atoms with Crippen LogP contribution in [0.5, 0.6) is 11.5 Å². The third-order valence-electron chi connectivity index (χ3n) is 6.92. The van der Waals surface area contributed by atoms with E-state index in [4.69, 9.17) is 9.47 Å². The van der Waals surface area contributed by atoms with Crippen LogP contribution in [-0.2, 0) is 24.2 Å². The molecule has 188 valence electrons. The van der Waals surface area contributed by atoms with Crippen LogP contribution in [0, 0.1) is 0 Å². The zero-order chi connectivity index (χ0) is 24.8. The third kappa shape index (κ3) is 5.86. The SMILES string of the molecule is COc1cc2c(cc1OC)CN(C(=O)N[C@H](CCSC)C(=O)N[C@@H]1CCCc3ccccc31)CC2. The van der Waals surface area contributed by atoms with Gasteiger partial charge in [0.05, 0.1) is 20.3 Å². The summed E-state index contributed by atoms with van der Waals surface area (Å²) in [4.78, 5) is 28.3. The summed E-state index contributed by atoms with van der Waals surface area (Å²) in [5, 5.41) is 6.25. The first-order chi connectivity index (χ1) is 17.0. The second-order valence-corrected chi connectivity index (χ2v) is 10.1. The second kappa shape index (κ2) is 11.7. The van der Waals surface area contributed by atoms with Crippen LogP contribution in [0.1, 0.15) is 47.6 Å². The monoisotopic (exact) mass is 497 g/mol. The van der Waals surface area contributed by atoms with Crippen molar-refractivity contribution in [3.05, 3.63) is 58.7 Å². The Morgan fingerprint density at radius 3 is 2.57 bits per heavy atom. The van der Waals surface area contributed by atoms with Crippen LogP contribution >= 0.6 is 11.8 Å². The Bertz CT molecular complexity index is 1060. The molecule has 8 heteroatoms. The van der Waals surface area contributed by atoms with Crippen molar-refractivity contribution in [2.24, 2.45) is 0 Å².